The summed E-state index contributed by atoms with van der Waals surface area (Å²) in [4.78, 5) is 18.8. The van der Waals surface area contributed by atoms with Gasteiger partial charge in [0.1, 0.15) is 23.6 Å². The van der Waals surface area contributed by atoms with Gasteiger partial charge in [0, 0.05) is 23.2 Å². The van der Waals surface area contributed by atoms with E-state index in [1.165, 1.54) is 18.5 Å². The third-order valence-corrected chi connectivity index (χ3v) is 3.93. The fourth-order valence-corrected chi connectivity index (χ4v) is 2.63. The predicted molar refractivity (Wildman–Crippen MR) is 102 cm³/mol. The number of non-ortho nitro benzene ring substituents is 1. The van der Waals surface area contributed by atoms with Crippen LogP contribution >= 0.6 is 0 Å². The van der Waals surface area contributed by atoms with Crippen LogP contribution in [0.1, 0.15) is 0 Å². The van der Waals surface area contributed by atoms with Gasteiger partial charge in [-0.2, -0.15) is 0 Å². The first kappa shape index (κ1) is 16.5. The van der Waals surface area contributed by atoms with Crippen molar-refractivity contribution in [3.05, 3.63) is 89.2 Å². The third-order valence-electron chi connectivity index (χ3n) is 3.93. The third kappa shape index (κ3) is 3.67. The van der Waals surface area contributed by atoms with Crippen LogP contribution in [-0.4, -0.2) is 14.9 Å². The molecule has 4 rings (SSSR count). The number of ether oxygens (including phenoxy) is 1. The molecule has 1 heterocycles. The van der Waals surface area contributed by atoms with E-state index in [4.69, 9.17) is 4.74 Å². The van der Waals surface area contributed by atoms with Gasteiger partial charge in [0.05, 0.1) is 10.4 Å². The summed E-state index contributed by atoms with van der Waals surface area (Å²) < 4.78 is 5.77. The average Bonchev–Trinajstić information content (AvgIpc) is 2.70. The minimum atomic E-state index is -0.444. The molecule has 7 heteroatoms. The lowest BCUT2D eigenvalue weighted by Crippen LogP contribution is -1.97. The highest BCUT2D eigenvalue weighted by Gasteiger charge is 2.10. The predicted octanol–water partition coefficient (Wildman–Crippen LogP) is 5.07. The Balaban J connectivity index is 1.56. The Morgan fingerprint density at radius 2 is 1.63 bits per heavy atom. The van der Waals surface area contributed by atoms with Crippen LogP contribution in [0.4, 0.5) is 17.2 Å². The Hall–Kier alpha value is -4.00. The highest BCUT2D eigenvalue weighted by molar-refractivity contribution is 5.91. The van der Waals surface area contributed by atoms with Crippen molar-refractivity contribution in [2.24, 2.45) is 0 Å². The summed E-state index contributed by atoms with van der Waals surface area (Å²) >= 11 is 0. The van der Waals surface area contributed by atoms with Crippen molar-refractivity contribution in [3.8, 4) is 11.5 Å². The van der Waals surface area contributed by atoms with Crippen LogP contribution in [0.25, 0.3) is 10.9 Å². The molecule has 132 valence electrons. The van der Waals surface area contributed by atoms with Gasteiger partial charge in [0.15, 0.2) is 0 Å². The SMILES string of the molecule is O=[N+]([O-])c1ccc2c(Nc3ccc(Oc4ccccc4)cc3)ncnc2c1. The number of para-hydroxylation sites is 1. The van der Waals surface area contributed by atoms with Crippen molar-refractivity contribution < 1.29 is 9.66 Å². The molecule has 0 amide bonds. The lowest BCUT2D eigenvalue weighted by atomic mass is 10.2. The van der Waals surface area contributed by atoms with E-state index in [-0.39, 0.29) is 5.69 Å². The van der Waals surface area contributed by atoms with Gasteiger partial charge in [-0.1, -0.05) is 18.2 Å². The van der Waals surface area contributed by atoms with Crippen LogP contribution in [0.5, 0.6) is 11.5 Å². The molecule has 0 fully saturated rings. The zero-order chi connectivity index (χ0) is 18.6. The van der Waals surface area contributed by atoms with Crippen molar-refractivity contribution in [2.75, 3.05) is 5.32 Å². The van der Waals surface area contributed by atoms with Crippen molar-refractivity contribution >= 4 is 28.1 Å². The number of rotatable bonds is 5. The van der Waals surface area contributed by atoms with Crippen molar-refractivity contribution in [3.63, 3.8) is 0 Å². The van der Waals surface area contributed by atoms with Crippen molar-refractivity contribution in [1.82, 2.24) is 9.97 Å². The van der Waals surface area contributed by atoms with E-state index in [9.17, 15) is 10.1 Å². The van der Waals surface area contributed by atoms with Crippen LogP contribution < -0.4 is 10.1 Å². The first-order valence-electron chi connectivity index (χ1n) is 8.18. The van der Waals surface area contributed by atoms with Crippen LogP contribution in [-0.2, 0) is 0 Å². The fourth-order valence-electron chi connectivity index (χ4n) is 2.63. The largest absolute Gasteiger partial charge is 0.457 e. The maximum absolute atomic E-state index is 10.9. The van der Waals surface area contributed by atoms with Gasteiger partial charge >= 0.3 is 0 Å². The minimum absolute atomic E-state index is 0.00503. The molecule has 0 saturated carbocycles. The number of fused-ring (bicyclic) bond motifs is 1. The zero-order valence-electron chi connectivity index (χ0n) is 14.1. The number of benzene rings is 3. The lowest BCUT2D eigenvalue weighted by molar-refractivity contribution is -0.384. The molecule has 1 N–H and O–H groups in total. The Bertz CT molecular complexity index is 1100. The number of hydrogen-bond acceptors (Lipinski definition) is 6. The smallest absolute Gasteiger partial charge is 0.271 e. The second kappa shape index (κ2) is 7.09. The van der Waals surface area contributed by atoms with Crippen molar-refractivity contribution in [1.29, 1.82) is 0 Å². The second-order valence-corrected chi connectivity index (χ2v) is 5.75. The number of nitrogens with one attached hydrogen (secondary N) is 1. The summed E-state index contributed by atoms with van der Waals surface area (Å²) in [5, 5.41) is 14.8. The van der Waals surface area contributed by atoms with E-state index in [0.717, 1.165) is 17.2 Å². The van der Waals surface area contributed by atoms with Gasteiger partial charge in [0.2, 0.25) is 0 Å². The molecule has 0 aliphatic heterocycles. The van der Waals surface area contributed by atoms with E-state index < -0.39 is 4.92 Å². The molecular weight excluding hydrogens is 344 g/mol. The van der Waals surface area contributed by atoms with E-state index in [1.807, 2.05) is 54.6 Å². The van der Waals surface area contributed by atoms with Gasteiger partial charge in [-0.3, -0.25) is 10.1 Å². The Morgan fingerprint density at radius 1 is 0.889 bits per heavy atom. The second-order valence-electron chi connectivity index (χ2n) is 5.75. The molecule has 0 atom stereocenters. The molecule has 0 spiro atoms. The molecule has 1 aromatic heterocycles. The summed E-state index contributed by atoms with van der Waals surface area (Å²) in [6.45, 7) is 0. The Labute approximate surface area is 154 Å². The molecule has 0 aliphatic rings. The van der Waals surface area contributed by atoms with Crippen molar-refractivity contribution in [2.45, 2.75) is 0 Å². The first-order valence-corrected chi connectivity index (χ1v) is 8.18. The van der Waals surface area contributed by atoms with E-state index in [2.05, 4.69) is 15.3 Å². The number of nitrogens with zero attached hydrogens (tertiary/aromatic N) is 3. The molecule has 0 bridgehead atoms. The average molecular weight is 358 g/mol. The van der Waals surface area contributed by atoms with Crippen LogP contribution in [0.2, 0.25) is 0 Å². The fraction of sp³-hybridized carbons (Fsp3) is 0. The summed E-state index contributed by atoms with van der Waals surface area (Å²) in [6.07, 6.45) is 1.38. The quantitative estimate of drug-likeness (QED) is 0.395. The number of hydrogen-bond donors (Lipinski definition) is 1. The molecule has 7 nitrogen and oxygen atoms in total. The Morgan fingerprint density at radius 3 is 2.37 bits per heavy atom. The van der Waals surface area contributed by atoms with Gasteiger partial charge in [-0.05, 0) is 42.5 Å². The summed E-state index contributed by atoms with van der Waals surface area (Å²) in [6, 6.07) is 21.5. The molecule has 0 aliphatic carbocycles. The molecule has 0 unspecified atom stereocenters. The van der Waals surface area contributed by atoms with E-state index >= 15 is 0 Å². The standard InChI is InChI=1S/C20H14N4O3/c25-24(26)15-8-11-18-19(12-15)21-13-22-20(18)23-14-6-9-17(10-7-14)27-16-4-2-1-3-5-16/h1-13H,(H,21,22,23). The molecule has 0 radical (unpaired) electrons. The molecule has 4 aromatic rings. The summed E-state index contributed by atoms with van der Waals surface area (Å²) in [5.41, 5.74) is 1.31. The highest BCUT2D eigenvalue weighted by Crippen LogP contribution is 2.28. The zero-order valence-corrected chi connectivity index (χ0v) is 14.1. The Kier molecular flexibility index (Phi) is 4.32. The number of aromatic nitrogens is 2. The van der Waals surface area contributed by atoms with Gasteiger partial charge in [0.25, 0.3) is 5.69 Å². The molecular formula is C20H14N4O3. The van der Waals surface area contributed by atoms with E-state index in [0.29, 0.717) is 16.7 Å². The number of anilines is 2. The van der Waals surface area contributed by atoms with E-state index in [1.54, 1.807) is 6.07 Å². The van der Waals surface area contributed by atoms with Gasteiger partial charge in [-0.25, -0.2) is 9.97 Å². The highest BCUT2D eigenvalue weighted by atomic mass is 16.6. The molecule has 0 saturated heterocycles. The minimum Gasteiger partial charge on any atom is -0.457 e. The van der Waals surface area contributed by atoms with Crippen LogP contribution in [0.3, 0.4) is 0 Å². The van der Waals surface area contributed by atoms with Crippen LogP contribution in [0, 0.1) is 10.1 Å². The lowest BCUT2D eigenvalue weighted by Gasteiger charge is -2.10. The summed E-state index contributed by atoms with van der Waals surface area (Å²) in [5.74, 6) is 2.06. The maximum atomic E-state index is 10.9. The number of nitro benzene ring substituents is 1. The van der Waals surface area contributed by atoms with Crippen LogP contribution in [0.15, 0.2) is 79.1 Å². The first-order chi connectivity index (χ1) is 13.2. The maximum Gasteiger partial charge on any atom is 0.271 e. The topological polar surface area (TPSA) is 90.2 Å². The monoisotopic (exact) mass is 358 g/mol. The molecule has 3 aromatic carbocycles. The molecule has 27 heavy (non-hydrogen) atoms. The normalized spacial score (nSPS) is 10.5. The summed E-state index contributed by atoms with van der Waals surface area (Å²) in [7, 11) is 0. The van der Waals surface area contributed by atoms with Gasteiger partial charge < -0.3 is 10.1 Å². The number of nitro groups is 1. The van der Waals surface area contributed by atoms with Gasteiger partial charge in [-0.15, -0.1) is 0 Å².